The molecule has 0 unspecified atom stereocenters. The van der Waals surface area contributed by atoms with Gasteiger partial charge >= 0.3 is 11.9 Å². The van der Waals surface area contributed by atoms with Crippen LogP contribution in [0.2, 0.25) is 16.6 Å². The van der Waals surface area contributed by atoms with E-state index >= 15 is 0 Å². The molecule has 0 saturated carbocycles. The number of allylic oxidation sites excluding steroid dienone is 4. The minimum absolute atomic E-state index is 0.185. The Morgan fingerprint density at radius 2 is 1.29 bits per heavy atom. The zero-order chi connectivity index (χ0) is 24.1. The van der Waals surface area contributed by atoms with Crippen molar-refractivity contribution in [1.82, 2.24) is 0 Å². The van der Waals surface area contributed by atoms with Gasteiger partial charge in [-0.05, 0) is 43.3 Å². The van der Waals surface area contributed by atoms with Crippen molar-refractivity contribution in [2.75, 3.05) is 19.8 Å². The van der Waals surface area contributed by atoms with E-state index < -0.39 is 25.7 Å². The van der Waals surface area contributed by atoms with E-state index in [0.717, 1.165) is 0 Å². The molecule has 0 rings (SSSR count). The van der Waals surface area contributed by atoms with Crippen LogP contribution in [-0.4, -0.2) is 40.1 Å². The van der Waals surface area contributed by atoms with Crippen LogP contribution in [-0.2, 0) is 23.5 Å². The molecule has 0 heterocycles. The molecule has 0 fully saturated rings. The number of hydrogen-bond donors (Lipinski definition) is 0. The van der Waals surface area contributed by atoms with E-state index in [1.807, 2.05) is 12.2 Å². The second kappa shape index (κ2) is 14.4. The van der Waals surface area contributed by atoms with Gasteiger partial charge in [0.15, 0.2) is 5.41 Å². The van der Waals surface area contributed by atoms with Crippen molar-refractivity contribution in [3.63, 3.8) is 0 Å². The number of rotatable bonds is 15. The highest BCUT2D eigenvalue weighted by Gasteiger charge is 2.47. The minimum atomic E-state index is -1.98. The Labute approximate surface area is 191 Å². The Balaban J connectivity index is 5.67. The van der Waals surface area contributed by atoms with E-state index in [4.69, 9.17) is 13.9 Å². The molecule has 0 aliphatic rings. The average Bonchev–Trinajstić information content (AvgIpc) is 2.68. The van der Waals surface area contributed by atoms with Gasteiger partial charge in [-0.15, -0.1) is 0 Å². The van der Waals surface area contributed by atoms with Crippen molar-refractivity contribution in [2.24, 2.45) is 5.41 Å². The molecule has 31 heavy (non-hydrogen) atoms. The molecule has 0 aromatic heterocycles. The first-order valence-corrected chi connectivity index (χ1v) is 13.6. The molecule has 0 aromatic rings. The van der Waals surface area contributed by atoms with Crippen LogP contribution in [0.5, 0.6) is 0 Å². The lowest BCUT2D eigenvalue weighted by molar-refractivity contribution is -0.171. The lowest BCUT2D eigenvalue weighted by Gasteiger charge is -2.41. The summed E-state index contributed by atoms with van der Waals surface area (Å²) in [5, 5.41) is 0. The lowest BCUT2D eigenvalue weighted by Crippen LogP contribution is -2.47. The normalized spacial score (nSPS) is 13.0. The standard InChI is InChI=1S/C25H44O5Si/c1-10-13-14-17-25(23(26)28-11-2,24(27)29-12-3)18-15-16-19-30-31(20(4)5,21(6)7)22(8)9/h10,13-16,20-22H,1,11-12,17-19H2,2-9H3/b14-13+,16-15-. The summed E-state index contributed by atoms with van der Waals surface area (Å²) in [4.78, 5) is 25.7. The maximum atomic E-state index is 12.8. The van der Waals surface area contributed by atoms with Gasteiger partial charge in [-0.1, -0.05) is 78.5 Å². The molecule has 0 atom stereocenters. The highest BCUT2D eigenvalue weighted by Crippen LogP contribution is 2.42. The minimum Gasteiger partial charge on any atom is -0.465 e. The molecule has 6 heteroatoms. The molecule has 178 valence electrons. The van der Waals surface area contributed by atoms with Crippen LogP contribution in [0.15, 0.2) is 37.0 Å². The van der Waals surface area contributed by atoms with Crippen LogP contribution in [0.1, 0.15) is 68.2 Å². The van der Waals surface area contributed by atoms with Crippen molar-refractivity contribution in [3.05, 3.63) is 37.0 Å². The summed E-state index contributed by atoms with van der Waals surface area (Å²) in [6.07, 6.45) is 9.21. The molecular formula is C25H44O5Si. The third-order valence-electron chi connectivity index (χ3n) is 5.84. The lowest BCUT2D eigenvalue weighted by atomic mass is 9.80. The summed E-state index contributed by atoms with van der Waals surface area (Å²) in [6, 6.07) is 0. The number of ether oxygens (including phenoxy) is 2. The molecule has 0 saturated heterocycles. The molecule has 0 aliphatic heterocycles. The first-order valence-electron chi connectivity index (χ1n) is 11.5. The molecule has 0 aromatic carbocycles. The summed E-state index contributed by atoms with van der Waals surface area (Å²) in [5.41, 5.74) is 0.0549. The van der Waals surface area contributed by atoms with Gasteiger partial charge in [0.1, 0.15) is 0 Å². The predicted molar refractivity (Wildman–Crippen MR) is 130 cm³/mol. The van der Waals surface area contributed by atoms with Crippen molar-refractivity contribution >= 4 is 20.3 Å². The van der Waals surface area contributed by atoms with E-state index in [2.05, 4.69) is 48.1 Å². The maximum absolute atomic E-state index is 12.8. The Hall–Kier alpha value is -1.66. The SMILES string of the molecule is C=C/C=C/CC(C/C=C\CO[Si](C(C)C)(C(C)C)C(C)C)(C(=O)OCC)C(=O)OCC. The monoisotopic (exact) mass is 452 g/mol. The van der Waals surface area contributed by atoms with Crippen molar-refractivity contribution in [2.45, 2.75) is 84.9 Å². The Morgan fingerprint density at radius 3 is 1.68 bits per heavy atom. The summed E-state index contributed by atoms with van der Waals surface area (Å²) in [6.45, 7) is 21.4. The van der Waals surface area contributed by atoms with Gasteiger partial charge in [-0.3, -0.25) is 9.59 Å². The molecule has 0 N–H and O–H groups in total. The Bertz CT molecular complexity index is 580. The van der Waals surface area contributed by atoms with E-state index in [0.29, 0.717) is 23.2 Å². The first-order chi connectivity index (χ1) is 14.6. The zero-order valence-corrected chi connectivity index (χ0v) is 21.9. The van der Waals surface area contributed by atoms with Crippen molar-refractivity contribution < 1.29 is 23.5 Å². The number of esters is 2. The summed E-state index contributed by atoms with van der Waals surface area (Å²) < 4.78 is 17.0. The van der Waals surface area contributed by atoms with Gasteiger partial charge in [0.2, 0.25) is 8.32 Å². The fraction of sp³-hybridized carbons (Fsp3) is 0.680. The average molecular weight is 453 g/mol. The third-order valence-corrected chi connectivity index (χ3v) is 11.9. The molecular weight excluding hydrogens is 408 g/mol. The van der Waals surface area contributed by atoms with Gasteiger partial charge in [0, 0.05) is 0 Å². The number of carbonyl (C=O) groups is 2. The summed E-state index contributed by atoms with van der Waals surface area (Å²) in [5.74, 6) is -1.13. The highest BCUT2D eigenvalue weighted by atomic mass is 28.4. The summed E-state index contributed by atoms with van der Waals surface area (Å²) in [7, 11) is -1.98. The second-order valence-electron chi connectivity index (χ2n) is 8.70. The second-order valence-corrected chi connectivity index (χ2v) is 14.2. The number of carbonyl (C=O) groups excluding carboxylic acids is 2. The van der Waals surface area contributed by atoms with Crippen LogP contribution >= 0.6 is 0 Å². The van der Waals surface area contributed by atoms with Gasteiger partial charge in [-0.2, -0.15) is 0 Å². The van der Waals surface area contributed by atoms with E-state index in [9.17, 15) is 9.59 Å². The van der Waals surface area contributed by atoms with E-state index in [-0.39, 0.29) is 26.1 Å². The molecule has 0 radical (unpaired) electrons. The number of hydrogen-bond acceptors (Lipinski definition) is 5. The van der Waals surface area contributed by atoms with Gasteiger partial charge in [-0.25, -0.2) is 0 Å². The highest BCUT2D eigenvalue weighted by molar-refractivity contribution is 6.77. The maximum Gasteiger partial charge on any atom is 0.324 e. The van der Waals surface area contributed by atoms with Crippen molar-refractivity contribution in [1.29, 1.82) is 0 Å². The van der Waals surface area contributed by atoms with Crippen LogP contribution < -0.4 is 0 Å². The summed E-state index contributed by atoms with van der Waals surface area (Å²) >= 11 is 0. The molecule has 0 aliphatic carbocycles. The first kappa shape index (κ1) is 29.3. The van der Waals surface area contributed by atoms with E-state index in [1.165, 1.54) is 0 Å². The van der Waals surface area contributed by atoms with Crippen LogP contribution in [0, 0.1) is 5.41 Å². The topological polar surface area (TPSA) is 61.8 Å². The quantitative estimate of drug-likeness (QED) is 0.0949. The van der Waals surface area contributed by atoms with Crippen LogP contribution in [0.25, 0.3) is 0 Å². The van der Waals surface area contributed by atoms with Gasteiger partial charge < -0.3 is 13.9 Å². The smallest absolute Gasteiger partial charge is 0.324 e. The molecule has 0 spiro atoms. The van der Waals surface area contributed by atoms with Crippen LogP contribution in [0.4, 0.5) is 0 Å². The zero-order valence-electron chi connectivity index (χ0n) is 20.9. The van der Waals surface area contributed by atoms with E-state index in [1.54, 1.807) is 32.1 Å². The van der Waals surface area contributed by atoms with Gasteiger partial charge in [0.05, 0.1) is 19.8 Å². The van der Waals surface area contributed by atoms with Crippen molar-refractivity contribution in [3.8, 4) is 0 Å². The molecule has 0 amide bonds. The third kappa shape index (κ3) is 7.76. The van der Waals surface area contributed by atoms with Crippen LogP contribution in [0.3, 0.4) is 0 Å². The van der Waals surface area contributed by atoms with Gasteiger partial charge in [0.25, 0.3) is 0 Å². The fourth-order valence-corrected chi connectivity index (χ4v) is 9.83. The fourth-order valence-electron chi connectivity index (χ4n) is 4.45. The molecule has 0 bridgehead atoms. The Morgan fingerprint density at radius 1 is 0.839 bits per heavy atom. The Kier molecular flexibility index (Phi) is 13.6. The largest absolute Gasteiger partial charge is 0.465 e. The molecule has 5 nitrogen and oxygen atoms in total. The predicted octanol–water partition coefficient (Wildman–Crippen LogP) is 6.37.